The van der Waals surface area contributed by atoms with Crippen molar-refractivity contribution in [3.63, 3.8) is 0 Å². The summed E-state index contributed by atoms with van der Waals surface area (Å²) in [5.74, 6) is 2.64. The number of nitrogens with zero attached hydrogens (tertiary/aromatic N) is 6. The fourth-order valence-corrected chi connectivity index (χ4v) is 3.63. The Hall–Kier alpha value is -2.19. The van der Waals surface area contributed by atoms with E-state index in [0.717, 1.165) is 75.6 Å². The van der Waals surface area contributed by atoms with Crippen molar-refractivity contribution in [2.24, 2.45) is 0 Å². The van der Waals surface area contributed by atoms with Crippen LogP contribution in [-0.2, 0) is 11.3 Å². The van der Waals surface area contributed by atoms with Crippen LogP contribution in [-0.4, -0.2) is 72.5 Å². The molecule has 0 N–H and O–H groups in total. The summed E-state index contributed by atoms with van der Waals surface area (Å²) < 4.78 is 10.6. The number of likely N-dealkylation sites (tertiary alicyclic amines) is 1. The second-order valence-electron chi connectivity index (χ2n) is 7.03. The average molecular weight is 358 g/mol. The highest BCUT2D eigenvalue weighted by atomic mass is 16.5. The molecule has 2 fully saturated rings. The Labute approximate surface area is 153 Å². The molecule has 2 aliphatic rings. The topological polar surface area (TPSA) is 70.8 Å². The van der Waals surface area contributed by atoms with Crippen LogP contribution in [0.1, 0.15) is 17.9 Å². The summed E-state index contributed by atoms with van der Waals surface area (Å²) in [6.07, 6.45) is 2.97. The van der Waals surface area contributed by atoms with Crippen molar-refractivity contribution in [3.8, 4) is 0 Å². The molecule has 8 nitrogen and oxygen atoms in total. The van der Waals surface area contributed by atoms with Gasteiger partial charge in [-0.2, -0.15) is 4.98 Å². The predicted molar refractivity (Wildman–Crippen MR) is 98.4 cm³/mol. The molecule has 2 aliphatic heterocycles. The number of aryl methyl sites for hydroxylation is 1. The number of anilines is 2. The summed E-state index contributed by atoms with van der Waals surface area (Å²) in [5, 5.41) is 4.10. The summed E-state index contributed by atoms with van der Waals surface area (Å²) in [5.41, 5.74) is 1.00. The van der Waals surface area contributed by atoms with Gasteiger partial charge in [0, 0.05) is 58.1 Å². The Morgan fingerprint density at radius 2 is 2.12 bits per heavy atom. The minimum absolute atomic E-state index is 0.440. The molecule has 26 heavy (non-hydrogen) atoms. The first-order chi connectivity index (χ1) is 12.7. The van der Waals surface area contributed by atoms with Gasteiger partial charge < -0.3 is 19.1 Å². The minimum atomic E-state index is 0.440. The Morgan fingerprint density at radius 1 is 1.27 bits per heavy atom. The Balaban J connectivity index is 1.39. The molecular formula is C18H26N6O2. The van der Waals surface area contributed by atoms with Crippen LogP contribution in [0.5, 0.6) is 0 Å². The Bertz CT molecular complexity index is 730. The van der Waals surface area contributed by atoms with Gasteiger partial charge in [-0.3, -0.25) is 4.90 Å². The van der Waals surface area contributed by atoms with Gasteiger partial charge in [0.25, 0.3) is 0 Å². The van der Waals surface area contributed by atoms with Gasteiger partial charge in [-0.05, 0) is 19.4 Å². The van der Waals surface area contributed by atoms with Crippen molar-refractivity contribution in [2.75, 3.05) is 56.2 Å². The largest absolute Gasteiger partial charge is 0.378 e. The molecule has 4 heterocycles. The van der Waals surface area contributed by atoms with E-state index in [1.165, 1.54) is 0 Å². The van der Waals surface area contributed by atoms with E-state index in [1.807, 2.05) is 25.3 Å². The fourth-order valence-electron chi connectivity index (χ4n) is 3.63. The van der Waals surface area contributed by atoms with Crippen LogP contribution in [0.3, 0.4) is 0 Å². The maximum Gasteiger partial charge on any atom is 0.227 e. The van der Waals surface area contributed by atoms with Gasteiger partial charge in [-0.25, -0.2) is 4.98 Å². The molecule has 4 rings (SSSR count). The van der Waals surface area contributed by atoms with Crippen molar-refractivity contribution < 1.29 is 9.26 Å². The highest BCUT2D eigenvalue weighted by Crippen LogP contribution is 2.22. The average Bonchev–Trinajstić information content (AvgIpc) is 3.31. The van der Waals surface area contributed by atoms with Crippen molar-refractivity contribution in [1.29, 1.82) is 0 Å². The summed E-state index contributed by atoms with van der Waals surface area (Å²) in [7, 11) is 2.12. The van der Waals surface area contributed by atoms with Crippen molar-refractivity contribution in [2.45, 2.75) is 25.9 Å². The van der Waals surface area contributed by atoms with Gasteiger partial charge in [-0.15, -0.1) is 0 Å². The first-order valence-corrected chi connectivity index (χ1v) is 9.22. The summed E-state index contributed by atoms with van der Waals surface area (Å²) in [6.45, 7) is 8.00. The van der Waals surface area contributed by atoms with Gasteiger partial charge in [0.1, 0.15) is 11.6 Å². The van der Waals surface area contributed by atoms with Crippen LogP contribution < -0.4 is 9.80 Å². The predicted octanol–water partition coefficient (Wildman–Crippen LogP) is 1.32. The van der Waals surface area contributed by atoms with Gasteiger partial charge in [0.15, 0.2) is 0 Å². The van der Waals surface area contributed by atoms with Crippen LogP contribution in [0.2, 0.25) is 0 Å². The lowest BCUT2D eigenvalue weighted by molar-refractivity contribution is 0.122. The lowest BCUT2D eigenvalue weighted by Gasteiger charge is -2.29. The molecule has 1 unspecified atom stereocenters. The van der Waals surface area contributed by atoms with E-state index >= 15 is 0 Å². The second-order valence-corrected chi connectivity index (χ2v) is 7.03. The second kappa shape index (κ2) is 7.59. The number of aromatic nitrogens is 3. The molecule has 140 valence electrons. The molecule has 0 spiro atoms. The third kappa shape index (κ3) is 3.81. The number of likely N-dealkylation sites (N-methyl/N-ethyl adjacent to an activating group) is 1. The van der Waals surface area contributed by atoms with E-state index < -0.39 is 0 Å². The summed E-state index contributed by atoms with van der Waals surface area (Å²) in [4.78, 5) is 16.1. The smallest absolute Gasteiger partial charge is 0.227 e. The standard InChI is InChI=1S/C18H26N6O2/c1-14-11-15(21-26-14)12-23-6-4-16(13-23)22(2)17-3-5-19-18(20-17)24-7-9-25-10-8-24/h3,5,11,16H,4,6-10,12-13H2,1-2H3. The van der Waals surface area contributed by atoms with E-state index in [4.69, 9.17) is 14.2 Å². The lowest BCUT2D eigenvalue weighted by atomic mass is 10.2. The molecule has 0 amide bonds. The third-order valence-corrected chi connectivity index (χ3v) is 5.14. The highest BCUT2D eigenvalue weighted by Gasteiger charge is 2.27. The normalized spacial score (nSPS) is 21.3. The van der Waals surface area contributed by atoms with Crippen molar-refractivity contribution in [1.82, 2.24) is 20.0 Å². The number of hydrogen-bond acceptors (Lipinski definition) is 8. The van der Waals surface area contributed by atoms with Gasteiger partial charge in [0.05, 0.1) is 18.9 Å². The molecule has 0 saturated carbocycles. The number of hydrogen-bond donors (Lipinski definition) is 0. The quantitative estimate of drug-likeness (QED) is 0.793. The molecule has 1 atom stereocenters. The first kappa shape index (κ1) is 17.2. The third-order valence-electron chi connectivity index (χ3n) is 5.14. The number of rotatable bonds is 5. The van der Waals surface area contributed by atoms with Crippen LogP contribution in [0.25, 0.3) is 0 Å². The van der Waals surface area contributed by atoms with E-state index in [0.29, 0.717) is 6.04 Å². The van der Waals surface area contributed by atoms with Gasteiger partial charge >= 0.3 is 0 Å². The molecular weight excluding hydrogens is 332 g/mol. The molecule has 2 aromatic heterocycles. The van der Waals surface area contributed by atoms with Gasteiger partial charge in [0.2, 0.25) is 5.95 Å². The molecule has 0 bridgehead atoms. The van der Waals surface area contributed by atoms with Crippen LogP contribution in [0, 0.1) is 6.92 Å². The summed E-state index contributed by atoms with van der Waals surface area (Å²) in [6, 6.07) is 4.44. The van der Waals surface area contributed by atoms with Crippen LogP contribution in [0.4, 0.5) is 11.8 Å². The zero-order valence-electron chi connectivity index (χ0n) is 15.5. The van der Waals surface area contributed by atoms with E-state index in [9.17, 15) is 0 Å². The zero-order valence-corrected chi connectivity index (χ0v) is 15.5. The molecule has 8 heteroatoms. The Kier molecular flexibility index (Phi) is 5.03. The fraction of sp³-hybridized carbons (Fsp3) is 0.611. The molecule has 0 aromatic carbocycles. The highest BCUT2D eigenvalue weighted by molar-refractivity contribution is 5.44. The molecule has 0 radical (unpaired) electrons. The van der Waals surface area contributed by atoms with E-state index in [-0.39, 0.29) is 0 Å². The lowest BCUT2D eigenvalue weighted by Crippen LogP contribution is -2.38. The minimum Gasteiger partial charge on any atom is -0.378 e. The SMILES string of the molecule is Cc1cc(CN2CCC(N(C)c3ccnc(N4CCOCC4)n3)C2)no1. The van der Waals surface area contributed by atoms with Gasteiger partial charge in [-0.1, -0.05) is 5.16 Å². The zero-order chi connectivity index (χ0) is 17.9. The van der Waals surface area contributed by atoms with E-state index in [2.05, 4.69) is 31.9 Å². The van der Waals surface area contributed by atoms with Crippen LogP contribution >= 0.6 is 0 Å². The van der Waals surface area contributed by atoms with Crippen molar-refractivity contribution >= 4 is 11.8 Å². The molecule has 0 aliphatic carbocycles. The number of ether oxygens (including phenoxy) is 1. The molecule has 2 aromatic rings. The first-order valence-electron chi connectivity index (χ1n) is 9.22. The monoisotopic (exact) mass is 358 g/mol. The maximum atomic E-state index is 5.42. The Morgan fingerprint density at radius 3 is 2.88 bits per heavy atom. The number of morpholine rings is 1. The van der Waals surface area contributed by atoms with Crippen LogP contribution in [0.15, 0.2) is 22.9 Å². The maximum absolute atomic E-state index is 5.42. The van der Waals surface area contributed by atoms with Crippen molar-refractivity contribution in [3.05, 3.63) is 29.8 Å². The van der Waals surface area contributed by atoms with E-state index in [1.54, 1.807) is 0 Å². The molecule has 2 saturated heterocycles. The summed E-state index contributed by atoms with van der Waals surface area (Å²) >= 11 is 0.